The first-order valence-electron chi connectivity index (χ1n) is 8.53. The van der Waals surface area contributed by atoms with E-state index < -0.39 is 10.0 Å². The minimum atomic E-state index is -3.75. The third-order valence-corrected chi connectivity index (χ3v) is 5.24. The van der Waals surface area contributed by atoms with Crippen LogP contribution in [0.15, 0.2) is 53.4 Å². The molecule has 27 heavy (non-hydrogen) atoms. The number of methoxy groups -OCH3 is 1. The maximum Gasteiger partial charge on any atom is 0.261 e. The molecule has 0 heterocycles. The Kier molecular flexibility index (Phi) is 7.06. The summed E-state index contributed by atoms with van der Waals surface area (Å²) in [7, 11) is -2.24. The van der Waals surface area contributed by atoms with Crippen LogP contribution in [0, 0.1) is 0 Å². The zero-order chi connectivity index (χ0) is 19.9. The van der Waals surface area contributed by atoms with E-state index in [0.29, 0.717) is 17.2 Å². The standard InChI is InChI=1S/C19H24N2O5S/c1-4-14(2)20-19(22)13-26-16-8-10-18(11-9-16)27(23,24)21-15-6-5-7-17(12-15)25-3/h5-12,14,21H,4,13H2,1-3H3,(H,20,22)/t14-/m1/s1. The summed E-state index contributed by atoms with van der Waals surface area (Å²) in [6.45, 7) is 3.76. The molecule has 0 spiro atoms. The van der Waals surface area contributed by atoms with E-state index in [0.717, 1.165) is 6.42 Å². The van der Waals surface area contributed by atoms with Gasteiger partial charge in [0.05, 0.1) is 17.7 Å². The zero-order valence-corrected chi connectivity index (χ0v) is 16.4. The number of amides is 1. The fourth-order valence-electron chi connectivity index (χ4n) is 2.18. The van der Waals surface area contributed by atoms with Crippen LogP contribution >= 0.6 is 0 Å². The highest BCUT2D eigenvalue weighted by atomic mass is 32.2. The lowest BCUT2D eigenvalue weighted by atomic mass is 10.2. The van der Waals surface area contributed by atoms with Crippen molar-refractivity contribution in [2.45, 2.75) is 31.2 Å². The summed E-state index contributed by atoms with van der Waals surface area (Å²) in [5.41, 5.74) is 0.399. The maximum absolute atomic E-state index is 12.5. The maximum atomic E-state index is 12.5. The molecule has 7 nitrogen and oxygen atoms in total. The van der Waals surface area contributed by atoms with E-state index in [4.69, 9.17) is 9.47 Å². The second kappa shape index (κ2) is 9.27. The molecule has 0 aliphatic carbocycles. The van der Waals surface area contributed by atoms with Crippen molar-refractivity contribution in [2.24, 2.45) is 0 Å². The molecule has 0 aliphatic heterocycles. The van der Waals surface area contributed by atoms with Gasteiger partial charge in [0, 0.05) is 12.1 Å². The molecule has 2 aromatic carbocycles. The number of hydrogen-bond acceptors (Lipinski definition) is 5. The largest absolute Gasteiger partial charge is 0.497 e. The molecule has 2 N–H and O–H groups in total. The van der Waals surface area contributed by atoms with Crippen molar-refractivity contribution < 1.29 is 22.7 Å². The summed E-state index contributed by atoms with van der Waals surface area (Å²) >= 11 is 0. The second-order valence-electron chi connectivity index (χ2n) is 5.97. The highest BCUT2D eigenvalue weighted by Crippen LogP contribution is 2.22. The van der Waals surface area contributed by atoms with Gasteiger partial charge >= 0.3 is 0 Å². The van der Waals surface area contributed by atoms with Crippen LogP contribution in [0.1, 0.15) is 20.3 Å². The van der Waals surface area contributed by atoms with Crippen LogP contribution < -0.4 is 19.5 Å². The van der Waals surface area contributed by atoms with Crippen molar-refractivity contribution in [3.8, 4) is 11.5 Å². The first kappa shape index (κ1) is 20.6. The van der Waals surface area contributed by atoms with Gasteiger partial charge in [0.15, 0.2) is 6.61 Å². The van der Waals surface area contributed by atoms with Gasteiger partial charge in [-0.25, -0.2) is 8.42 Å². The van der Waals surface area contributed by atoms with Gasteiger partial charge < -0.3 is 14.8 Å². The van der Waals surface area contributed by atoms with E-state index in [1.54, 1.807) is 24.3 Å². The van der Waals surface area contributed by atoms with Crippen molar-refractivity contribution in [3.63, 3.8) is 0 Å². The van der Waals surface area contributed by atoms with E-state index in [1.807, 2.05) is 13.8 Å². The molecule has 0 fully saturated rings. The Labute approximate surface area is 159 Å². The molecule has 0 saturated heterocycles. The monoisotopic (exact) mass is 392 g/mol. The van der Waals surface area contributed by atoms with Gasteiger partial charge in [-0.1, -0.05) is 13.0 Å². The van der Waals surface area contributed by atoms with E-state index in [-0.39, 0.29) is 23.5 Å². The average molecular weight is 392 g/mol. The molecule has 0 bridgehead atoms. The molecule has 8 heteroatoms. The Bertz CT molecular complexity index is 866. The molecule has 0 radical (unpaired) electrons. The number of rotatable bonds is 9. The topological polar surface area (TPSA) is 93.7 Å². The van der Waals surface area contributed by atoms with Crippen LogP contribution in [-0.4, -0.2) is 34.1 Å². The third kappa shape index (κ3) is 6.18. The summed E-state index contributed by atoms with van der Waals surface area (Å²) in [5, 5.41) is 2.79. The SMILES string of the molecule is CC[C@@H](C)NC(=O)COc1ccc(S(=O)(=O)Nc2cccc(OC)c2)cc1. The smallest absolute Gasteiger partial charge is 0.261 e. The second-order valence-corrected chi connectivity index (χ2v) is 7.66. The minimum Gasteiger partial charge on any atom is -0.497 e. The molecule has 1 amide bonds. The molecule has 0 saturated carbocycles. The predicted molar refractivity (Wildman–Crippen MR) is 104 cm³/mol. The summed E-state index contributed by atoms with van der Waals surface area (Å²) < 4.78 is 37.9. The molecule has 2 rings (SSSR count). The van der Waals surface area contributed by atoms with Crippen LogP contribution in [-0.2, 0) is 14.8 Å². The van der Waals surface area contributed by atoms with Gasteiger partial charge in [-0.05, 0) is 49.7 Å². The summed E-state index contributed by atoms with van der Waals surface area (Å²) in [5.74, 6) is 0.741. The third-order valence-electron chi connectivity index (χ3n) is 3.85. The van der Waals surface area contributed by atoms with Gasteiger partial charge in [0.25, 0.3) is 15.9 Å². The normalized spacial score (nSPS) is 12.1. The Morgan fingerprint density at radius 3 is 2.44 bits per heavy atom. The lowest BCUT2D eigenvalue weighted by Gasteiger charge is -2.12. The number of carbonyl (C=O) groups is 1. The van der Waals surface area contributed by atoms with Gasteiger partial charge in [0.1, 0.15) is 11.5 Å². The van der Waals surface area contributed by atoms with E-state index >= 15 is 0 Å². The van der Waals surface area contributed by atoms with E-state index in [9.17, 15) is 13.2 Å². The first-order valence-corrected chi connectivity index (χ1v) is 10.0. The van der Waals surface area contributed by atoms with Gasteiger partial charge in [0.2, 0.25) is 0 Å². The van der Waals surface area contributed by atoms with Crippen LogP contribution in [0.2, 0.25) is 0 Å². The fraction of sp³-hybridized carbons (Fsp3) is 0.316. The van der Waals surface area contributed by atoms with Crippen molar-refractivity contribution in [3.05, 3.63) is 48.5 Å². The predicted octanol–water partition coefficient (Wildman–Crippen LogP) is 2.79. The minimum absolute atomic E-state index is 0.0799. The lowest BCUT2D eigenvalue weighted by Crippen LogP contribution is -2.35. The number of anilines is 1. The van der Waals surface area contributed by atoms with Crippen molar-refractivity contribution in [1.29, 1.82) is 0 Å². The van der Waals surface area contributed by atoms with Crippen LogP contribution in [0.25, 0.3) is 0 Å². The van der Waals surface area contributed by atoms with Crippen molar-refractivity contribution >= 4 is 21.6 Å². The van der Waals surface area contributed by atoms with Crippen molar-refractivity contribution in [2.75, 3.05) is 18.4 Å². The molecular weight excluding hydrogens is 368 g/mol. The van der Waals surface area contributed by atoms with E-state index in [1.165, 1.54) is 31.4 Å². The van der Waals surface area contributed by atoms with Gasteiger partial charge in [-0.3, -0.25) is 9.52 Å². The fourth-order valence-corrected chi connectivity index (χ4v) is 3.23. The number of nitrogens with one attached hydrogen (secondary N) is 2. The Balaban J connectivity index is 1.99. The zero-order valence-electron chi connectivity index (χ0n) is 15.6. The molecule has 0 aliphatic rings. The molecular formula is C19H24N2O5S. The number of sulfonamides is 1. The van der Waals surface area contributed by atoms with E-state index in [2.05, 4.69) is 10.0 Å². The van der Waals surface area contributed by atoms with Gasteiger partial charge in [-0.15, -0.1) is 0 Å². The highest BCUT2D eigenvalue weighted by Gasteiger charge is 2.15. The van der Waals surface area contributed by atoms with Crippen LogP contribution in [0.3, 0.4) is 0 Å². The molecule has 0 aromatic heterocycles. The molecule has 1 atom stereocenters. The Morgan fingerprint density at radius 2 is 1.81 bits per heavy atom. The molecule has 2 aromatic rings. The number of ether oxygens (including phenoxy) is 2. The quantitative estimate of drug-likeness (QED) is 0.684. The highest BCUT2D eigenvalue weighted by molar-refractivity contribution is 7.92. The summed E-state index contributed by atoms with van der Waals surface area (Å²) in [6.07, 6.45) is 0.832. The lowest BCUT2D eigenvalue weighted by molar-refractivity contribution is -0.123. The molecule has 146 valence electrons. The molecule has 0 unspecified atom stereocenters. The summed E-state index contributed by atoms with van der Waals surface area (Å²) in [6, 6.07) is 12.6. The first-order chi connectivity index (χ1) is 12.8. The number of benzene rings is 2. The van der Waals surface area contributed by atoms with Crippen LogP contribution in [0.4, 0.5) is 5.69 Å². The summed E-state index contributed by atoms with van der Waals surface area (Å²) in [4.78, 5) is 11.8. The average Bonchev–Trinajstić information content (AvgIpc) is 2.66. The van der Waals surface area contributed by atoms with Gasteiger partial charge in [-0.2, -0.15) is 0 Å². The number of carbonyl (C=O) groups excluding carboxylic acids is 1. The van der Waals surface area contributed by atoms with Crippen molar-refractivity contribution in [1.82, 2.24) is 5.32 Å². The Hall–Kier alpha value is -2.74. The van der Waals surface area contributed by atoms with Crippen LogP contribution in [0.5, 0.6) is 11.5 Å². The number of hydrogen-bond donors (Lipinski definition) is 2. The Morgan fingerprint density at radius 1 is 1.11 bits per heavy atom.